The van der Waals surface area contributed by atoms with E-state index in [2.05, 4.69) is 26.8 Å². The Morgan fingerprint density at radius 2 is 2.19 bits per heavy atom. The van der Waals surface area contributed by atoms with Crippen molar-refractivity contribution in [2.45, 2.75) is 17.3 Å². The number of nitrogens with two attached hydrogens (primary N) is 1. The molecule has 2 N–H and O–H groups in total. The summed E-state index contributed by atoms with van der Waals surface area (Å²) < 4.78 is 0. The Hall–Kier alpha value is -0.910. The highest BCUT2D eigenvalue weighted by molar-refractivity contribution is 7.99. The number of aryl methyl sites for hydroxylation is 1. The molecule has 0 saturated carbocycles. The molecule has 1 unspecified atom stereocenters. The summed E-state index contributed by atoms with van der Waals surface area (Å²) in [5.41, 5.74) is 8.09. The molecule has 0 bridgehead atoms. The fourth-order valence-electron chi connectivity index (χ4n) is 1.28. The Balaban J connectivity index is 2.10. The van der Waals surface area contributed by atoms with Crippen LogP contribution in [-0.4, -0.2) is 16.5 Å². The van der Waals surface area contributed by atoms with Crippen LogP contribution in [0.2, 0.25) is 0 Å². The van der Waals surface area contributed by atoms with Crippen LogP contribution in [0.3, 0.4) is 0 Å². The van der Waals surface area contributed by atoms with Gasteiger partial charge in [-0.25, -0.2) is 9.97 Å². The van der Waals surface area contributed by atoms with Crippen LogP contribution in [0, 0.1) is 6.92 Å². The van der Waals surface area contributed by atoms with Gasteiger partial charge in [0, 0.05) is 18.9 Å². The second-order valence-electron chi connectivity index (χ2n) is 3.44. The van der Waals surface area contributed by atoms with E-state index in [1.165, 1.54) is 5.56 Å². The standard InChI is InChI=1S/C11H13N3S2/c1-8-5-13-11(14-6-8)16-10(4-12)9-2-3-15-7-9/h2-3,5-7,10H,4,12H2,1H3. The number of thioether (sulfide) groups is 1. The highest BCUT2D eigenvalue weighted by atomic mass is 32.2. The van der Waals surface area contributed by atoms with Gasteiger partial charge in [0.1, 0.15) is 0 Å². The van der Waals surface area contributed by atoms with Gasteiger partial charge in [0.2, 0.25) is 0 Å². The lowest BCUT2D eigenvalue weighted by atomic mass is 10.2. The Kier molecular flexibility index (Phi) is 3.93. The first-order valence-electron chi connectivity index (χ1n) is 4.97. The molecular formula is C11H13N3S2. The molecule has 1 atom stereocenters. The monoisotopic (exact) mass is 251 g/mol. The van der Waals surface area contributed by atoms with Crippen LogP contribution in [0.4, 0.5) is 0 Å². The normalized spacial score (nSPS) is 12.6. The molecule has 3 nitrogen and oxygen atoms in total. The molecular weight excluding hydrogens is 238 g/mol. The molecule has 5 heteroatoms. The van der Waals surface area contributed by atoms with Gasteiger partial charge in [0.25, 0.3) is 0 Å². The number of rotatable bonds is 4. The molecule has 0 amide bonds. The molecule has 0 fully saturated rings. The van der Waals surface area contributed by atoms with Gasteiger partial charge in [0.05, 0.1) is 5.25 Å². The minimum atomic E-state index is 0.244. The second kappa shape index (κ2) is 5.43. The van der Waals surface area contributed by atoms with Crippen molar-refractivity contribution in [2.75, 3.05) is 6.54 Å². The van der Waals surface area contributed by atoms with Gasteiger partial charge in [-0.05, 0) is 34.9 Å². The molecule has 2 aromatic heterocycles. The zero-order chi connectivity index (χ0) is 11.4. The SMILES string of the molecule is Cc1cnc(SC(CN)c2ccsc2)nc1. The van der Waals surface area contributed by atoms with E-state index in [-0.39, 0.29) is 5.25 Å². The van der Waals surface area contributed by atoms with Crippen molar-refractivity contribution in [3.63, 3.8) is 0 Å². The topological polar surface area (TPSA) is 51.8 Å². The van der Waals surface area contributed by atoms with E-state index < -0.39 is 0 Å². The molecule has 0 spiro atoms. The average Bonchev–Trinajstić information content (AvgIpc) is 2.82. The van der Waals surface area contributed by atoms with Crippen LogP contribution >= 0.6 is 23.1 Å². The van der Waals surface area contributed by atoms with Crippen molar-refractivity contribution in [1.82, 2.24) is 9.97 Å². The lowest BCUT2D eigenvalue weighted by Gasteiger charge is -2.11. The minimum Gasteiger partial charge on any atom is -0.329 e. The fourth-order valence-corrected chi connectivity index (χ4v) is 2.94. The average molecular weight is 251 g/mol. The Morgan fingerprint density at radius 1 is 1.44 bits per heavy atom. The fraction of sp³-hybridized carbons (Fsp3) is 0.273. The summed E-state index contributed by atoms with van der Waals surface area (Å²) in [5, 5.41) is 5.22. The van der Waals surface area contributed by atoms with Gasteiger partial charge in [-0.15, -0.1) is 0 Å². The number of hydrogen-bond donors (Lipinski definition) is 1. The molecule has 0 aliphatic carbocycles. The molecule has 16 heavy (non-hydrogen) atoms. The van der Waals surface area contributed by atoms with E-state index >= 15 is 0 Å². The maximum atomic E-state index is 5.77. The third-order valence-corrected chi connectivity index (χ3v) is 4.01. The summed E-state index contributed by atoms with van der Waals surface area (Å²) in [7, 11) is 0. The van der Waals surface area contributed by atoms with Crippen LogP contribution in [0.1, 0.15) is 16.4 Å². The molecule has 0 radical (unpaired) electrons. The van der Waals surface area contributed by atoms with Gasteiger partial charge in [-0.3, -0.25) is 0 Å². The lowest BCUT2D eigenvalue weighted by molar-refractivity contribution is 0.906. The van der Waals surface area contributed by atoms with E-state index in [1.807, 2.05) is 19.3 Å². The van der Waals surface area contributed by atoms with Crippen molar-refractivity contribution in [2.24, 2.45) is 5.73 Å². The smallest absolute Gasteiger partial charge is 0.188 e. The molecule has 2 aromatic rings. The van der Waals surface area contributed by atoms with Crippen molar-refractivity contribution in [3.05, 3.63) is 40.3 Å². The van der Waals surface area contributed by atoms with Crippen molar-refractivity contribution in [3.8, 4) is 0 Å². The molecule has 0 saturated heterocycles. The Bertz CT molecular complexity index is 425. The predicted molar refractivity (Wildman–Crippen MR) is 68.7 cm³/mol. The number of nitrogens with zero attached hydrogens (tertiary/aromatic N) is 2. The Morgan fingerprint density at radius 3 is 2.75 bits per heavy atom. The van der Waals surface area contributed by atoms with Crippen LogP contribution in [0.15, 0.2) is 34.4 Å². The van der Waals surface area contributed by atoms with E-state index in [9.17, 15) is 0 Å². The number of aromatic nitrogens is 2. The van der Waals surface area contributed by atoms with Crippen molar-refractivity contribution in [1.29, 1.82) is 0 Å². The summed E-state index contributed by atoms with van der Waals surface area (Å²) in [6.07, 6.45) is 3.66. The molecule has 0 aliphatic rings. The summed E-state index contributed by atoms with van der Waals surface area (Å²) in [4.78, 5) is 8.55. The van der Waals surface area contributed by atoms with Crippen LogP contribution < -0.4 is 5.73 Å². The van der Waals surface area contributed by atoms with Gasteiger partial charge in [0.15, 0.2) is 5.16 Å². The molecule has 84 valence electrons. The molecule has 0 aliphatic heterocycles. The van der Waals surface area contributed by atoms with E-state index in [4.69, 9.17) is 5.73 Å². The quantitative estimate of drug-likeness (QED) is 0.670. The third kappa shape index (κ3) is 2.81. The van der Waals surface area contributed by atoms with Gasteiger partial charge in [-0.2, -0.15) is 11.3 Å². The second-order valence-corrected chi connectivity index (χ2v) is 5.39. The van der Waals surface area contributed by atoms with Gasteiger partial charge < -0.3 is 5.73 Å². The minimum absolute atomic E-state index is 0.244. The molecule has 2 rings (SSSR count). The zero-order valence-electron chi connectivity index (χ0n) is 8.96. The van der Waals surface area contributed by atoms with Crippen molar-refractivity contribution >= 4 is 23.1 Å². The van der Waals surface area contributed by atoms with E-state index in [0.29, 0.717) is 6.54 Å². The first kappa shape index (κ1) is 11.6. The summed E-state index contributed by atoms with van der Waals surface area (Å²) in [6, 6.07) is 2.10. The molecule has 0 aromatic carbocycles. The molecule has 2 heterocycles. The van der Waals surface area contributed by atoms with Crippen LogP contribution in [0.25, 0.3) is 0 Å². The summed E-state index contributed by atoms with van der Waals surface area (Å²) >= 11 is 3.30. The summed E-state index contributed by atoms with van der Waals surface area (Å²) in [6.45, 7) is 2.58. The largest absolute Gasteiger partial charge is 0.329 e. The highest BCUT2D eigenvalue weighted by Gasteiger charge is 2.13. The van der Waals surface area contributed by atoms with E-state index in [1.54, 1.807) is 23.1 Å². The van der Waals surface area contributed by atoms with Crippen LogP contribution in [-0.2, 0) is 0 Å². The first-order chi connectivity index (χ1) is 7.79. The number of thiophene rings is 1. The van der Waals surface area contributed by atoms with Crippen LogP contribution in [0.5, 0.6) is 0 Å². The highest BCUT2D eigenvalue weighted by Crippen LogP contribution is 2.33. The van der Waals surface area contributed by atoms with Gasteiger partial charge in [-0.1, -0.05) is 11.8 Å². The van der Waals surface area contributed by atoms with Gasteiger partial charge >= 0.3 is 0 Å². The third-order valence-electron chi connectivity index (χ3n) is 2.13. The van der Waals surface area contributed by atoms with E-state index in [0.717, 1.165) is 10.7 Å². The van der Waals surface area contributed by atoms with Crippen molar-refractivity contribution < 1.29 is 0 Å². The predicted octanol–water partition coefficient (Wildman–Crippen LogP) is 2.64. The zero-order valence-corrected chi connectivity index (χ0v) is 10.6. The maximum Gasteiger partial charge on any atom is 0.188 e. The Labute approximate surface area is 103 Å². The maximum absolute atomic E-state index is 5.77. The number of hydrogen-bond acceptors (Lipinski definition) is 5. The lowest BCUT2D eigenvalue weighted by Crippen LogP contribution is -2.09. The summed E-state index contributed by atoms with van der Waals surface area (Å²) in [5.74, 6) is 0. The first-order valence-corrected chi connectivity index (χ1v) is 6.79.